The maximum Gasteiger partial charge on any atom is 0.209 e. The molecule has 1 aromatic rings. The fraction of sp³-hybridized carbons (Fsp3) is 0.625. The Kier molecular flexibility index (Phi) is 4.25. The molecule has 0 amide bonds. The lowest BCUT2D eigenvalue weighted by molar-refractivity contribution is 0.590. The molecule has 0 saturated carbocycles. The number of hydrogen-bond acceptors (Lipinski definition) is 4. The van der Waals surface area contributed by atoms with Crippen molar-refractivity contribution in [2.75, 3.05) is 12.3 Å². The lowest BCUT2D eigenvalue weighted by atomic mass is 10.3. The second kappa shape index (κ2) is 5.24. The first-order valence-electron chi connectivity index (χ1n) is 4.66. The van der Waals surface area contributed by atoms with E-state index in [0.717, 1.165) is 5.56 Å². The molecule has 3 N–H and O–H groups in total. The Balaban J connectivity index is 2.12. The minimum atomic E-state index is -3.32. The predicted octanol–water partition coefficient (Wildman–Crippen LogP) is -0.812. The van der Waals surface area contributed by atoms with Crippen LogP contribution in [-0.4, -0.2) is 30.5 Å². The molecular weight excluding hydrogens is 216 g/mol. The zero-order chi connectivity index (χ0) is 11.3. The molecule has 0 atom stereocenters. The minimum absolute atomic E-state index is 0.0209. The molecule has 6 nitrogen and oxygen atoms in total. The van der Waals surface area contributed by atoms with Gasteiger partial charge < -0.3 is 5.32 Å². The monoisotopic (exact) mass is 232 g/mol. The van der Waals surface area contributed by atoms with Crippen molar-refractivity contribution in [3.8, 4) is 0 Å². The molecule has 0 bridgehead atoms. The topological polar surface area (TPSA) is 90.0 Å². The van der Waals surface area contributed by atoms with Gasteiger partial charge in [-0.25, -0.2) is 13.6 Å². The molecule has 0 aliphatic carbocycles. The third-order valence-electron chi connectivity index (χ3n) is 1.87. The summed E-state index contributed by atoms with van der Waals surface area (Å²) in [4.78, 5) is 0. The van der Waals surface area contributed by atoms with Gasteiger partial charge in [0.05, 0.1) is 11.9 Å². The van der Waals surface area contributed by atoms with Gasteiger partial charge in [-0.1, -0.05) is 0 Å². The molecule has 7 heteroatoms. The molecule has 0 aromatic carbocycles. The maximum atomic E-state index is 10.6. The van der Waals surface area contributed by atoms with Crippen LogP contribution in [0.25, 0.3) is 0 Å². The average Bonchev–Trinajstić information content (AvgIpc) is 2.49. The summed E-state index contributed by atoms with van der Waals surface area (Å²) in [6.45, 7) is 1.32. The van der Waals surface area contributed by atoms with E-state index in [0.29, 0.717) is 19.5 Å². The van der Waals surface area contributed by atoms with E-state index in [-0.39, 0.29) is 5.75 Å². The standard InChI is InChI=1S/C8H16N4O2S/c1-12-7-8(6-11-12)5-10-3-2-4-15(9,13)14/h6-7,10H,2-5H2,1H3,(H2,9,13,14). The van der Waals surface area contributed by atoms with Crippen LogP contribution < -0.4 is 10.5 Å². The van der Waals surface area contributed by atoms with E-state index in [2.05, 4.69) is 10.4 Å². The van der Waals surface area contributed by atoms with Crippen LogP contribution in [0.2, 0.25) is 0 Å². The molecule has 0 unspecified atom stereocenters. The van der Waals surface area contributed by atoms with Gasteiger partial charge in [0, 0.05) is 25.4 Å². The molecule has 1 aromatic heterocycles. The van der Waals surface area contributed by atoms with Crippen LogP contribution in [0.3, 0.4) is 0 Å². The number of nitrogens with two attached hydrogens (primary N) is 1. The van der Waals surface area contributed by atoms with Gasteiger partial charge in [0.1, 0.15) is 0 Å². The van der Waals surface area contributed by atoms with Crippen molar-refractivity contribution in [3.05, 3.63) is 18.0 Å². The lowest BCUT2D eigenvalue weighted by Crippen LogP contribution is -2.21. The predicted molar refractivity (Wildman–Crippen MR) is 57.5 cm³/mol. The van der Waals surface area contributed by atoms with Gasteiger partial charge in [0.15, 0.2) is 0 Å². The third-order valence-corrected chi connectivity index (χ3v) is 2.73. The first-order chi connectivity index (χ1) is 6.97. The SMILES string of the molecule is Cn1cc(CNCCCS(N)(=O)=O)cn1. The highest BCUT2D eigenvalue weighted by atomic mass is 32.2. The van der Waals surface area contributed by atoms with Gasteiger partial charge in [0.25, 0.3) is 0 Å². The van der Waals surface area contributed by atoms with Crippen molar-refractivity contribution >= 4 is 10.0 Å². The summed E-state index contributed by atoms with van der Waals surface area (Å²) in [6, 6.07) is 0. The summed E-state index contributed by atoms with van der Waals surface area (Å²) >= 11 is 0. The van der Waals surface area contributed by atoms with Crippen LogP contribution in [-0.2, 0) is 23.6 Å². The number of hydrogen-bond donors (Lipinski definition) is 2. The van der Waals surface area contributed by atoms with Gasteiger partial charge in [-0.3, -0.25) is 4.68 Å². The summed E-state index contributed by atoms with van der Waals surface area (Å²) < 4.78 is 22.9. The van der Waals surface area contributed by atoms with Crippen molar-refractivity contribution in [2.24, 2.45) is 12.2 Å². The smallest absolute Gasteiger partial charge is 0.209 e. The Labute approximate surface area is 89.5 Å². The molecule has 1 rings (SSSR count). The van der Waals surface area contributed by atoms with Gasteiger partial charge in [-0.05, 0) is 13.0 Å². The zero-order valence-electron chi connectivity index (χ0n) is 8.68. The summed E-state index contributed by atoms with van der Waals surface area (Å²) in [6.07, 6.45) is 4.21. The maximum absolute atomic E-state index is 10.6. The van der Waals surface area contributed by atoms with Crippen molar-refractivity contribution in [3.63, 3.8) is 0 Å². The highest BCUT2D eigenvalue weighted by molar-refractivity contribution is 7.89. The van der Waals surface area contributed by atoms with Gasteiger partial charge >= 0.3 is 0 Å². The number of primary sulfonamides is 1. The van der Waals surface area contributed by atoms with Crippen molar-refractivity contribution in [1.82, 2.24) is 15.1 Å². The molecule has 0 aliphatic rings. The highest BCUT2D eigenvalue weighted by Crippen LogP contribution is 1.94. The van der Waals surface area contributed by atoms with Crippen LogP contribution in [0, 0.1) is 0 Å². The van der Waals surface area contributed by atoms with Crippen LogP contribution in [0.4, 0.5) is 0 Å². The fourth-order valence-corrected chi connectivity index (χ4v) is 1.74. The number of rotatable bonds is 6. The van der Waals surface area contributed by atoms with E-state index < -0.39 is 10.0 Å². The van der Waals surface area contributed by atoms with Crippen molar-refractivity contribution in [2.45, 2.75) is 13.0 Å². The number of nitrogens with one attached hydrogen (secondary N) is 1. The van der Waals surface area contributed by atoms with Crippen LogP contribution in [0.15, 0.2) is 12.4 Å². The Morgan fingerprint density at radius 1 is 1.60 bits per heavy atom. The molecular formula is C8H16N4O2S. The molecule has 0 fully saturated rings. The van der Waals surface area contributed by atoms with Gasteiger partial charge in [-0.15, -0.1) is 0 Å². The molecule has 15 heavy (non-hydrogen) atoms. The normalized spacial score (nSPS) is 11.9. The second-order valence-corrected chi connectivity index (χ2v) is 5.15. The fourth-order valence-electron chi connectivity index (χ4n) is 1.19. The van der Waals surface area contributed by atoms with E-state index >= 15 is 0 Å². The average molecular weight is 232 g/mol. The quantitative estimate of drug-likeness (QED) is 0.628. The summed E-state index contributed by atoms with van der Waals surface area (Å²) in [7, 11) is -1.47. The number of aromatic nitrogens is 2. The minimum Gasteiger partial charge on any atom is -0.313 e. The van der Waals surface area contributed by atoms with Gasteiger partial charge in [0.2, 0.25) is 10.0 Å². The Hall–Kier alpha value is -0.920. The Morgan fingerprint density at radius 2 is 2.33 bits per heavy atom. The van der Waals surface area contributed by atoms with Gasteiger partial charge in [-0.2, -0.15) is 5.10 Å². The first-order valence-corrected chi connectivity index (χ1v) is 6.37. The highest BCUT2D eigenvalue weighted by Gasteiger charge is 2.01. The largest absolute Gasteiger partial charge is 0.313 e. The first kappa shape index (κ1) is 12.2. The van der Waals surface area contributed by atoms with E-state index in [1.54, 1.807) is 10.9 Å². The van der Waals surface area contributed by atoms with E-state index in [1.807, 2.05) is 13.2 Å². The molecule has 0 spiro atoms. The second-order valence-electron chi connectivity index (χ2n) is 3.42. The van der Waals surface area contributed by atoms with Crippen LogP contribution in [0.5, 0.6) is 0 Å². The number of sulfonamides is 1. The zero-order valence-corrected chi connectivity index (χ0v) is 9.50. The van der Waals surface area contributed by atoms with Crippen LogP contribution >= 0.6 is 0 Å². The lowest BCUT2D eigenvalue weighted by Gasteiger charge is -2.01. The third kappa shape index (κ3) is 5.50. The molecule has 1 heterocycles. The van der Waals surface area contributed by atoms with Crippen LogP contribution in [0.1, 0.15) is 12.0 Å². The summed E-state index contributed by atoms with van der Waals surface area (Å²) in [5, 5.41) is 12.0. The molecule has 0 saturated heterocycles. The number of aryl methyl sites for hydroxylation is 1. The number of nitrogens with zero attached hydrogens (tertiary/aromatic N) is 2. The molecule has 0 radical (unpaired) electrons. The Bertz CT molecular complexity index is 399. The molecule has 0 aliphatic heterocycles. The molecule has 86 valence electrons. The summed E-state index contributed by atoms with van der Waals surface area (Å²) in [5.41, 5.74) is 1.08. The van der Waals surface area contributed by atoms with E-state index in [9.17, 15) is 8.42 Å². The van der Waals surface area contributed by atoms with E-state index in [1.165, 1.54) is 0 Å². The summed E-state index contributed by atoms with van der Waals surface area (Å²) in [5.74, 6) is 0.0209. The van der Waals surface area contributed by atoms with E-state index in [4.69, 9.17) is 5.14 Å². The van der Waals surface area contributed by atoms with Crippen molar-refractivity contribution in [1.29, 1.82) is 0 Å². The Morgan fingerprint density at radius 3 is 2.87 bits per heavy atom. The van der Waals surface area contributed by atoms with Crippen molar-refractivity contribution < 1.29 is 8.42 Å².